The predicted octanol–water partition coefficient (Wildman–Crippen LogP) is 3.88. The van der Waals surface area contributed by atoms with Crippen LogP contribution in [0.25, 0.3) is 16.8 Å². The molecule has 0 saturated heterocycles. The second kappa shape index (κ2) is 4.48. The zero-order valence-electron chi connectivity index (χ0n) is 8.48. The summed E-state index contributed by atoms with van der Waals surface area (Å²) >= 11 is 0. The topological polar surface area (TPSA) is 0 Å². The van der Waals surface area contributed by atoms with Gasteiger partial charge in [-0.2, -0.15) is 0 Å². The minimum atomic E-state index is 0.684. The van der Waals surface area contributed by atoms with Crippen LogP contribution in [0.5, 0.6) is 0 Å². The van der Waals surface area contributed by atoms with Gasteiger partial charge in [-0.25, -0.2) is 0 Å². The van der Waals surface area contributed by atoms with Crippen LogP contribution in [0.4, 0.5) is 0 Å². The largest absolute Gasteiger partial charge is 0.120 e. The Balaban J connectivity index is 2.48. The van der Waals surface area contributed by atoms with Crippen molar-refractivity contribution in [2.75, 3.05) is 0 Å². The number of rotatable bonds is 2. The first-order chi connectivity index (χ1) is 7.42. The first-order valence-electron chi connectivity index (χ1n) is 4.99. The lowest BCUT2D eigenvalue weighted by molar-refractivity contribution is 1.49. The van der Waals surface area contributed by atoms with E-state index >= 15 is 0 Å². The third-order valence-electron chi connectivity index (χ3n) is 2.36. The highest BCUT2D eigenvalue weighted by atomic mass is 14.0. The van der Waals surface area contributed by atoms with Gasteiger partial charge in [0.1, 0.15) is 0 Å². The van der Waals surface area contributed by atoms with E-state index < -0.39 is 0 Å². The Kier molecular flexibility index (Phi) is 2.85. The Labute approximate surface area is 90.2 Å². The van der Waals surface area contributed by atoms with Gasteiger partial charge >= 0.3 is 0 Å². The van der Waals surface area contributed by atoms with Gasteiger partial charge in [0.2, 0.25) is 0 Å². The molecule has 0 fully saturated rings. The van der Waals surface area contributed by atoms with Crippen LogP contribution in [0.1, 0.15) is 12.0 Å². The molecule has 0 heteroatoms. The summed E-state index contributed by atoms with van der Waals surface area (Å²) in [4.78, 5) is 0. The number of allylic oxidation sites excluding steroid dienone is 1. The van der Waals surface area contributed by atoms with E-state index in [9.17, 15) is 0 Å². The molecule has 72 valence electrons. The monoisotopic (exact) mass is 192 g/mol. The van der Waals surface area contributed by atoms with E-state index in [1.165, 1.54) is 16.3 Å². The van der Waals surface area contributed by atoms with Gasteiger partial charge in [0.15, 0.2) is 0 Å². The fraction of sp³-hybridized carbons (Fsp3) is 0.0667. The molecule has 0 amide bonds. The van der Waals surface area contributed by atoms with E-state index in [1.807, 2.05) is 6.08 Å². The van der Waals surface area contributed by atoms with Crippen LogP contribution in [0, 0.1) is 12.3 Å². The lowest BCUT2D eigenvalue weighted by Gasteiger charge is -2.00. The molecule has 0 aromatic heterocycles. The van der Waals surface area contributed by atoms with Crippen LogP contribution < -0.4 is 0 Å². The van der Waals surface area contributed by atoms with Gasteiger partial charge in [-0.15, -0.1) is 12.3 Å². The second-order valence-corrected chi connectivity index (χ2v) is 3.38. The SMILES string of the molecule is C#CCC=Cc1cccc2ccccc12. The van der Waals surface area contributed by atoms with Crippen molar-refractivity contribution in [3.8, 4) is 12.3 Å². The zero-order valence-corrected chi connectivity index (χ0v) is 8.48. The van der Waals surface area contributed by atoms with E-state index in [0.717, 1.165) is 0 Å². The molecule has 0 heterocycles. The molecule has 0 N–H and O–H groups in total. The molecule has 15 heavy (non-hydrogen) atoms. The highest BCUT2D eigenvalue weighted by Gasteiger charge is 1.94. The summed E-state index contributed by atoms with van der Waals surface area (Å²) in [6, 6.07) is 14.7. The number of terminal acetylenes is 1. The Morgan fingerprint density at radius 3 is 2.73 bits per heavy atom. The fourth-order valence-corrected chi connectivity index (χ4v) is 1.65. The Hall–Kier alpha value is -2.00. The summed E-state index contributed by atoms with van der Waals surface area (Å²) in [6.07, 6.45) is 9.99. The second-order valence-electron chi connectivity index (χ2n) is 3.38. The lowest BCUT2D eigenvalue weighted by atomic mass is 10.0. The Bertz CT molecular complexity index is 522. The highest BCUT2D eigenvalue weighted by Crippen LogP contribution is 2.19. The molecule has 0 spiro atoms. The summed E-state index contributed by atoms with van der Waals surface area (Å²) in [7, 11) is 0. The summed E-state index contributed by atoms with van der Waals surface area (Å²) in [5.41, 5.74) is 1.23. The molecule has 0 unspecified atom stereocenters. The van der Waals surface area contributed by atoms with E-state index in [0.29, 0.717) is 6.42 Å². The minimum Gasteiger partial charge on any atom is -0.120 e. The van der Waals surface area contributed by atoms with Crippen molar-refractivity contribution in [3.63, 3.8) is 0 Å². The van der Waals surface area contributed by atoms with Crippen molar-refractivity contribution in [1.29, 1.82) is 0 Å². The molecule has 0 aliphatic carbocycles. The van der Waals surface area contributed by atoms with Gasteiger partial charge in [0.25, 0.3) is 0 Å². The normalized spacial score (nSPS) is 10.6. The molecular formula is C15H12. The maximum Gasteiger partial charge on any atom is 0.0270 e. The van der Waals surface area contributed by atoms with Gasteiger partial charge in [-0.3, -0.25) is 0 Å². The van der Waals surface area contributed by atoms with E-state index in [1.54, 1.807) is 0 Å². The number of hydrogen-bond acceptors (Lipinski definition) is 0. The number of benzene rings is 2. The molecule has 0 bridgehead atoms. The van der Waals surface area contributed by atoms with Crippen molar-refractivity contribution in [2.24, 2.45) is 0 Å². The molecule has 0 saturated carbocycles. The molecule has 0 radical (unpaired) electrons. The fourth-order valence-electron chi connectivity index (χ4n) is 1.65. The first kappa shape index (κ1) is 9.55. The molecule has 2 rings (SSSR count). The third kappa shape index (κ3) is 2.08. The average molecular weight is 192 g/mol. The van der Waals surface area contributed by atoms with Crippen LogP contribution in [0.3, 0.4) is 0 Å². The molecule has 2 aromatic rings. The molecule has 0 nitrogen and oxygen atoms in total. The summed E-state index contributed by atoms with van der Waals surface area (Å²) in [6.45, 7) is 0. The van der Waals surface area contributed by atoms with Gasteiger partial charge in [0, 0.05) is 6.42 Å². The maximum atomic E-state index is 5.20. The third-order valence-corrected chi connectivity index (χ3v) is 2.36. The molecule has 0 aliphatic heterocycles. The van der Waals surface area contributed by atoms with Crippen LogP contribution in [0.15, 0.2) is 48.5 Å². The van der Waals surface area contributed by atoms with Crippen molar-refractivity contribution >= 4 is 16.8 Å². The Morgan fingerprint density at radius 1 is 1.07 bits per heavy atom. The van der Waals surface area contributed by atoms with E-state index in [-0.39, 0.29) is 0 Å². The number of fused-ring (bicyclic) bond motifs is 1. The minimum absolute atomic E-state index is 0.684. The van der Waals surface area contributed by atoms with Crippen LogP contribution in [-0.4, -0.2) is 0 Å². The van der Waals surface area contributed by atoms with E-state index in [4.69, 9.17) is 6.42 Å². The van der Waals surface area contributed by atoms with Gasteiger partial charge in [0.05, 0.1) is 0 Å². The zero-order chi connectivity index (χ0) is 10.5. The highest BCUT2D eigenvalue weighted by molar-refractivity contribution is 5.90. The van der Waals surface area contributed by atoms with E-state index in [2.05, 4.69) is 54.5 Å². The summed E-state index contributed by atoms with van der Waals surface area (Å²) in [5, 5.41) is 2.54. The van der Waals surface area contributed by atoms with Crippen molar-refractivity contribution in [1.82, 2.24) is 0 Å². The molecule has 0 aliphatic rings. The van der Waals surface area contributed by atoms with Gasteiger partial charge < -0.3 is 0 Å². The standard InChI is InChI=1S/C15H12/c1-2-3-4-8-13-10-7-11-14-9-5-6-12-15(13)14/h1,4-12H,3H2. The van der Waals surface area contributed by atoms with Crippen molar-refractivity contribution in [2.45, 2.75) is 6.42 Å². The van der Waals surface area contributed by atoms with Crippen LogP contribution in [0.2, 0.25) is 0 Å². The van der Waals surface area contributed by atoms with Crippen molar-refractivity contribution < 1.29 is 0 Å². The van der Waals surface area contributed by atoms with Gasteiger partial charge in [-0.05, 0) is 16.3 Å². The predicted molar refractivity (Wildman–Crippen MR) is 66.4 cm³/mol. The lowest BCUT2D eigenvalue weighted by Crippen LogP contribution is -1.76. The smallest absolute Gasteiger partial charge is 0.0270 e. The quantitative estimate of drug-likeness (QED) is 0.633. The Morgan fingerprint density at radius 2 is 1.87 bits per heavy atom. The molecular weight excluding hydrogens is 180 g/mol. The molecule has 2 aromatic carbocycles. The maximum absolute atomic E-state index is 5.20. The van der Waals surface area contributed by atoms with Gasteiger partial charge in [-0.1, -0.05) is 54.6 Å². The average Bonchev–Trinajstić information content (AvgIpc) is 2.30. The van der Waals surface area contributed by atoms with Crippen LogP contribution >= 0.6 is 0 Å². The summed E-state index contributed by atoms with van der Waals surface area (Å²) < 4.78 is 0. The summed E-state index contributed by atoms with van der Waals surface area (Å²) in [5.74, 6) is 2.60. The van der Waals surface area contributed by atoms with Crippen molar-refractivity contribution in [3.05, 3.63) is 54.1 Å². The molecule has 0 atom stereocenters. The first-order valence-corrected chi connectivity index (χ1v) is 4.99. The van der Waals surface area contributed by atoms with Crippen LogP contribution in [-0.2, 0) is 0 Å². The number of hydrogen-bond donors (Lipinski definition) is 0.